The van der Waals surface area contributed by atoms with Crippen molar-refractivity contribution in [1.29, 1.82) is 0 Å². The smallest absolute Gasteiger partial charge is 0.255 e. The lowest BCUT2D eigenvalue weighted by molar-refractivity contribution is -0.118. The van der Waals surface area contributed by atoms with Gasteiger partial charge in [-0.15, -0.1) is 0 Å². The van der Waals surface area contributed by atoms with Gasteiger partial charge in [-0.1, -0.05) is 6.92 Å². The van der Waals surface area contributed by atoms with Crippen LogP contribution in [0.3, 0.4) is 0 Å². The summed E-state index contributed by atoms with van der Waals surface area (Å²) in [5.74, 6) is 0.134. The number of aromatic nitrogens is 1. The number of primary amides is 1. The van der Waals surface area contributed by atoms with Gasteiger partial charge in [-0.2, -0.15) is 0 Å². The lowest BCUT2D eigenvalue weighted by Gasteiger charge is -2.10. The number of amides is 2. The van der Waals surface area contributed by atoms with Crippen LogP contribution in [0.4, 0.5) is 5.82 Å². The van der Waals surface area contributed by atoms with E-state index >= 15 is 0 Å². The fraction of sp³-hybridized carbons (Fsp3) is 0.500. The van der Waals surface area contributed by atoms with Gasteiger partial charge >= 0.3 is 0 Å². The number of nitrogens with zero attached hydrogens (tertiary/aromatic N) is 1. The number of carbonyl (C=O) groups is 2. The van der Waals surface area contributed by atoms with E-state index in [0.717, 1.165) is 19.4 Å². The minimum absolute atomic E-state index is 0.157. The highest BCUT2D eigenvalue weighted by Crippen LogP contribution is 2.11. The van der Waals surface area contributed by atoms with Crippen LogP contribution in [0.2, 0.25) is 0 Å². The average molecular weight is 278 g/mol. The number of hydrogen-bond acceptors (Lipinski definition) is 4. The van der Waals surface area contributed by atoms with Crippen LogP contribution in [0.15, 0.2) is 18.3 Å². The third-order valence-electron chi connectivity index (χ3n) is 2.73. The topological polar surface area (TPSA) is 97.1 Å². The summed E-state index contributed by atoms with van der Waals surface area (Å²) in [4.78, 5) is 26.8. The molecule has 0 radical (unpaired) electrons. The summed E-state index contributed by atoms with van der Waals surface area (Å²) in [6.45, 7) is 3.35. The van der Waals surface area contributed by atoms with E-state index in [1.165, 1.54) is 0 Å². The molecular weight excluding hydrogens is 256 g/mol. The van der Waals surface area contributed by atoms with Crippen molar-refractivity contribution in [1.82, 2.24) is 10.3 Å². The van der Waals surface area contributed by atoms with Crippen LogP contribution in [0.25, 0.3) is 0 Å². The molecule has 0 aromatic carbocycles. The van der Waals surface area contributed by atoms with E-state index in [0.29, 0.717) is 30.8 Å². The van der Waals surface area contributed by atoms with Crippen LogP contribution in [0.1, 0.15) is 43.0 Å². The molecule has 0 unspecified atom stereocenters. The van der Waals surface area contributed by atoms with Crippen molar-refractivity contribution < 1.29 is 9.59 Å². The molecule has 0 saturated carbocycles. The number of carbonyl (C=O) groups excluding carboxylic acids is 2. The number of nitrogens with one attached hydrogen (secondary N) is 2. The maximum absolute atomic E-state index is 12.0. The Balaban J connectivity index is 2.44. The second kappa shape index (κ2) is 8.90. The summed E-state index contributed by atoms with van der Waals surface area (Å²) in [7, 11) is 0. The zero-order valence-corrected chi connectivity index (χ0v) is 11.8. The highest BCUT2D eigenvalue weighted by molar-refractivity contribution is 5.98. The first-order valence-electron chi connectivity index (χ1n) is 6.90. The van der Waals surface area contributed by atoms with E-state index in [-0.39, 0.29) is 11.8 Å². The largest absolute Gasteiger partial charge is 0.370 e. The standard InChI is InChI=1S/C14H22N4O2/c1-2-8-16-13-11(6-5-10-17-13)14(20)18-9-4-3-7-12(15)19/h5-6,10H,2-4,7-9H2,1H3,(H2,15,19)(H,16,17)(H,18,20). The van der Waals surface area contributed by atoms with Gasteiger partial charge in [-0.3, -0.25) is 9.59 Å². The summed E-state index contributed by atoms with van der Waals surface area (Å²) >= 11 is 0. The summed E-state index contributed by atoms with van der Waals surface area (Å²) in [6.07, 6.45) is 4.38. The van der Waals surface area contributed by atoms with Crippen molar-refractivity contribution in [3.05, 3.63) is 23.9 Å². The molecule has 6 heteroatoms. The summed E-state index contributed by atoms with van der Waals surface area (Å²) in [5.41, 5.74) is 5.59. The van der Waals surface area contributed by atoms with Gasteiger partial charge in [0.25, 0.3) is 5.91 Å². The van der Waals surface area contributed by atoms with Crippen LogP contribution in [0, 0.1) is 0 Å². The predicted molar refractivity (Wildman–Crippen MR) is 78.4 cm³/mol. The Kier molecular flexibility index (Phi) is 7.10. The lowest BCUT2D eigenvalue weighted by atomic mass is 10.2. The molecule has 2 amide bonds. The summed E-state index contributed by atoms with van der Waals surface area (Å²) < 4.78 is 0. The predicted octanol–water partition coefficient (Wildman–Crippen LogP) is 1.29. The number of rotatable bonds is 9. The Hall–Kier alpha value is -2.11. The van der Waals surface area contributed by atoms with Crippen LogP contribution in [-0.4, -0.2) is 29.9 Å². The SMILES string of the molecule is CCCNc1ncccc1C(=O)NCCCCC(N)=O. The highest BCUT2D eigenvalue weighted by Gasteiger charge is 2.10. The second-order valence-electron chi connectivity index (χ2n) is 4.51. The number of hydrogen-bond donors (Lipinski definition) is 3. The summed E-state index contributed by atoms with van der Waals surface area (Å²) in [5, 5.41) is 5.95. The third kappa shape index (κ3) is 5.69. The van der Waals surface area contributed by atoms with E-state index in [4.69, 9.17) is 5.73 Å². The van der Waals surface area contributed by atoms with Crippen LogP contribution >= 0.6 is 0 Å². The van der Waals surface area contributed by atoms with E-state index in [1.807, 2.05) is 0 Å². The zero-order valence-electron chi connectivity index (χ0n) is 11.8. The maximum Gasteiger partial charge on any atom is 0.255 e. The van der Waals surface area contributed by atoms with Crippen molar-refractivity contribution >= 4 is 17.6 Å². The maximum atomic E-state index is 12.0. The molecule has 0 aliphatic rings. The van der Waals surface area contributed by atoms with Crippen molar-refractivity contribution in [3.8, 4) is 0 Å². The van der Waals surface area contributed by atoms with Crippen LogP contribution in [-0.2, 0) is 4.79 Å². The molecule has 0 spiro atoms. The van der Waals surface area contributed by atoms with Crippen molar-refractivity contribution in [2.24, 2.45) is 5.73 Å². The van der Waals surface area contributed by atoms with Crippen LogP contribution < -0.4 is 16.4 Å². The number of unbranched alkanes of at least 4 members (excludes halogenated alkanes) is 1. The molecule has 0 saturated heterocycles. The molecule has 4 N–H and O–H groups in total. The average Bonchev–Trinajstić information content (AvgIpc) is 2.44. The fourth-order valence-electron chi connectivity index (χ4n) is 1.69. The van der Waals surface area contributed by atoms with Gasteiger partial charge in [0.05, 0.1) is 5.56 Å². The lowest BCUT2D eigenvalue weighted by Crippen LogP contribution is -2.26. The first-order chi connectivity index (χ1) is 9.65. The zero-order chi connectivity index (χ0) is 14.8. The van der Waals surface area contributed by atoms with Crippen molar-refractivity contribution in [2.75, 3.05) is 18.4 Å². The molecular formula is C14H22N4O2. The second-order valence-corrected chi connectivity index (χ2v) is 4.51. The highest BCUT2D eigenvalue weighted by atomic mass is 16.2. The van der Waals surface area contributed by atoms with Crippen molar-refractivity contribution in [3.63, 3.8) is 0 Å². The fourth-order valence-corrected chi connectivity index (χ4v) is 1.69. The van der Waals surface area contributed by atoms with Gasteiger partial charge in [-0.05, 0) is 31.4 Å². The molecule has 1 aromatic rings. The molecule has 0 fully saturated rings. The van der Waals surface area contributed by atoms with Gasteiger partial charge in [-0.25, -0.2) is 4.98 Å². The Morgan fingerprint density at radius 3 is 2.80 bits per heavy atom. The molecule has 0 atom stereocenters. The number of anilines is 1. The number of pyridine rings is 1. The van der Waals surface area contributed by atoms with E-state index in [2.05, 4.69) is 22.5 Å². The monoisotopic (exact) mass is 278 g/mol. The molecule has 0 bridgehead atoms. The molecule has 20 heavy (non-hydrogen) atoms. The van der Waals surface area contributed by atoms with Gasteiger partial charge in [0, 0.05) is 25.7 Å². The number of nitrogens with two attached hydrogens (primary N) is 1. The molecule has 0 aliphatic heterocycles. The van der Waals surface area contributed by atoms with Crippen LogP contribution in [0.5, 0.6) is 0 Å². The van der Waals surface area contributed by atoms with Crippen molar-refractivity contribution in [2.45, 2.75) is 32.6 Å². The first-order valence-corrected chi connectivity index (χ1v) is 6.90. The van der Waals surface area contributed by atoms with Gasteiger partial charge < -0.3 is 16.4 Å². The Labute approximate surface area is 119 Å². The normalized spacial score (nSPS) is 10.1. The first kappa shape index (κ1) is 15.9. The molecule has 1 aromatic heterocycles. The van der Waals surface area contributed by atoms with Gasteiger partial charge in [0.1, 0.15) is 5.82 Å². The molecule has 6 nitrogen and oxygen atoms in total. The molecule has 110 valence electrons. The molecule has 0 aliphatic carbocycles. The van der Waals surface area contributed by atoms with Gasteiger partial charge in [0.15, 0.2) is 0 Å². The third-order valence-corrected chi connectivity index (χ3v) is 2.73. The molecule has 1 heterocycles. The molecule has 1 rings (SSSR count). The van der Waals surface area contributed by atoms with E-state index in [1.54, 1.807) is 18.3 Å². The van der Waals surface area contributed by atoms with E-state index < -0.39 is 0 Å². The Morgan fingerprint density at radius 2 is 2.10 bits per heavy atom. The quantitative estimate of drug-likeness (QED) is 0.593. The van der Waals surface area contributed by atoms with E-state index in [9.17, 15) is 9.59 Å². The Bertz CT molecular complexity index is 449. The summed E-state index contributed by atoms with van der Waals surface area (Å²) in [6, 6.07) is 3.48. The van der Waals surface area contributed by atoms with Gasteiger partial charge in [0.2, 0.25) is 5.91 Å². The Morgan fingerprint density at radius 1 is 1.30 bits per heavy atom. The minimum atomic E-state index is -0.311. The minimum Gasteiger partial charge on any atom is -0.370 e.